The minimum atomic E-state index is -0.543. The van der Waals surface area contributed by atoms with Gasteiger partial charge in [0, 0.05) is 17.8 Å². The maximum Gasteiger partial charge on any atom is 0.412 e. The minimum Gasteiger partial charge on any atom is -0.442 e. The number of anilines is 1. The fraction of sp³-hybridized carbons (Fsp3) is 0.353. The molecule has 0 fully saturated rings. The van der Waals surface area contributed by atoms with Crippen molar-refractivity contribution in [2.75, 3.05) is 5.32 Å². The van der Waals surface area contributed by atoms with Crippen LogP contribution in [0.5, 0.6) is 0 Å². The highest BCUT2D eigenvalue weighted by molar-refractivity contribution is 5.84. The molecule has 1 amide bonds. The number of nitro groups is 1. The number of nitro benzene ring substituents is 1. The Morgan fingerprint density at radius 3 is 2.74 bits per heavy atom. The van der Waals surface area contributed by atoms with Crippen LogP contribution in [0.25, 0.3) is 0 Å². The van der Waals surface area contributed by atoms with Gasteiger partial charge < -0.3 is 4.74 Å². The van der Waals surface area contributed by atoms with Crippen molar-refractivity contribution in [1.29, 1.82) is 0 Å². The van der Waals surface area contributed by atoms with Crippen LogP contribution >= 0.6 is 0 Å². The van der Waals surface area contributed by atoms with E-state index in [0.717, 1.165) is 19.3 Å². The Kier molecular flexibility index (Phi) is 4.41. The number of carbonyl (C=O) groups excluding carboxylic acids is 1. The van der Waals surface area contributed by atoms with Crippen molar-refractivity contribution in [3.05, 3.63) is 58.2 Å². The summed E-state index contributed by atoms with van der Waals surface area (Å²) in [4.78, 5) is 22.1. The lowest BCUT2D eigenvalue weighted by atomic mass is 9.80. The van der Waals surface area contributed by atoms with Crippen LogP contribution in [-0.2, 0) is 4.74 Å². The van der Waals surface area contributed by atoms with Crippen LogP contribution in [-0.4, -0.2) is 17.1 Å². The summed E-state index contributed by atoms with van der Waals surface area (Å²) in [7, 11) is 0. The first kappa shape index (κ1) is 15.3. The lowest BCUT2D eigenvalue weighted by molar-refractivity contribution is -0.384. The molecule has 3 rings (SSSR count). The Balaban J connectivity index is 1.58. The number of ether oxygens (including phenoxy) is 1. The predicted octanol–water partition coefficient (Wildman–Crippen LogP) is 4.20. The third kappa shape index (κ3) is 3.77. The number of rotatable bonds is 3. The second-order valence-electron chi connectivity index (χ2n) is 5.79. The zero-order valence-corrected chi connectivity index (χ0v) is 12.6. The van der Waals surface area contributed by atoms with E-state index in [0.29, 0.717) is 11.6 Å². The van der Waals surface area contributed by atoms with E-state index >= 15 is 0 Å². The first-order valence-electron chi connectivity index (χ1n) is 7.72. The predicted molar refractivity (Wildman–Crippen MR) is 86.2 cm³/mol. The van der Waals surface area contributed by atoms with Gasteiger partial charge >= 0.3 is 6.09 Å². The molecular formula is C17H18N2O4. The molecule has 0 spiro atoms. The van der Waals surface area contributed by atoms with Gasteiger partial charge in [-0.15, -0.1) is 0 Å². The number of amides is 1. The fourth-order valence-corrected chi connectivity index (χ4v) is 3.03. The van der Waals surface area contributed by atoms with Crippen molar-refractivity contribution in [3.63, 3.8) is 0 Å². The van der Waals surface area contributed by atoms with Crippen LogP contribution in [0.15, 0.2) is 48.1 Å². The maximum absolute atomic E-state index is 11.9. The summed E-state index contributed by atoms with van der Waals surface area (Å²) in [5.74, 6) is 0.595. The van der Waals surface area contributed by atoms with Gasteiger partial charge in [-0.2, -0.15) is 0 Å². The molecular weight excluding hydrogens is 296 g/mol. The molecule has 0 radical (unpaired) electrons. The third-order valence-electron chi connectivity index (χ3n) is 4.22. The van der Waals surface area contributed by atoms with Gasteiger partial charge in [-0.25, -0.2) is 4.79 Å². The summed E-state index contributed by atoms with van der Waals surface area (Å²) in [6.07, 6.45) is 9.69. The van der Waals surface area contributed by atoms with E-state index in [9.17, 15) is 14.9 Å². The molecule has 1 aromatic rings. The van der Waals surface area contributed by atoms with Crippen molar-refractivity contribution in [1.82, 2.24) is 0 Å². The van der Waals surface area contributed by atoms with Crippen LogP contribution in [0.3, 0.4) is 0 Å². The number of allylic oxidation sites excluding steroid dienone is 3. The molecule has 0 aliphatic heterocycles. The summed E-state index contributed by atoms with van der Waals surface area (Å²) in [6.45, 7) is 0. The lowest BCUT2D eigenvalue weighted by Crippen LogP contribution is -2.26. The smallest absolute Gasteiger partial charge is 0.412 e. The van der Waals surface area contributed by atoms with E-state index in [4.69, 9.17) is 4.74 Å². The van der Waals surface area contributed by atoms with Crippen molar-refractivity contribution in [2.45, 2.75) is 31.8 Å². The van der Waals surface area contributed by atoms with Gasteiger partial charge in [0.1, 0.15) is 6.10 Å². The Bertz CT molecular complexity index is 664. The topological polar surface area (TPSA) is 81.5 Å². The molecule has 6 nitrogen and oxygen atoms in total. The minimum absolute atomic E-state index is 0.0175. The number of hydrogen-bond acceptors (Lipinski definition) is 4. The van der Waals surface area contributed by atoms with E-state index in [1.165, 1.54) is 36.3 Å². The van der Waals surface area contributed by atoms with Crippen LogP contribution in [0, 0.1) is 16.0 Å². The number of nitrogens with zero attached hydrogens (tertiary/aromatic N) is 1. The molecule has 0 saturated heterocycles. The van der Waals surface area contributed by atoms with Gasteiger partial charge in [0.15, 0.2) is 0 Å². The van der Waals surface area contributed by atoms with Gasteiger partial charge in [-0.05, 0) is 55.4 Å². The first-order valence-corrected chi connectivity index (χ1v) is 7.72. The Morgan fingerprint density at radius 1 is 1.22 bits per heavy atom. The van der Waals surface area contributed by atoms with Gasteiger partial charge in [0.25, 0.3) is 5.69 Å². The standard InChI is InChI=1S/C17H18N2O4/c20-17(18-14-6-8-15(9-7-14)19(21)22)23-16-10-5-12-3-1-2-4-13(12)11-16/h2,4,6-9,11-12,16H,1,3,5,10H2,(H,18,20)/t12-,16+/m0/s1. The van der Waals surface area contributed by atoms with E-state index in [2.05, 4.69) is 17.5 Å². The van der Waals surface area contributed by atoms with Gasteiger partial charge in [-0.1, -0.05) is 12.2 Å². The molecule has 2 atom stereocenters. The van der Waals surface area contributed by atoms with Crippen molar-refractivity contribution in [3.8, 4) is 0 Å². The highest BCUT2D eigenvalue weighted by Crippen LogP contribution is 2.33. The molecule has 6 heteroatoms. The largest absolute Gasteiger partial charge is 0.442 e. The van der Waals surface area contributed by atoms with Crippen LogP contribution in [0.4, 0.5) is 16.2 Å². The van der Waals surface area contributed by atoms with Crippen molar-refractivity contribution < 1.29 is 14.5 Å². The molecule has 120 valence electrons. The molecule has 1 N–H and O–H groups in total. The first-order chi connectivity index (χ1) is 11.1. The third-order valence-corrected chi connectivity index (χ3v) is 4.22. The van der Waals surface area contributed by atoms with Crippen molar-refractivity contribution in [2.24, 2.45) is 5.92 Å². The Morgan fingerprint density at radius 2 is 2.00 bits per heavy atom. The molecule has 0 heterocycles. The second kappa shape index (κ2) is 6.64. The highest BCUT2D eigenvalue weighted by atomic mass is 16.6. The Hall–Kier alpha value is -2.63. The van der Waals surface area contributed by atoms with E-state index in [1.807, 2.05) is 6.08 Å². The quantitative estimate of drug-likeness (QED) is 0.669. The van der Waals surface area contributed by atoms with E-state index in [-0.39, 0.29) is 11.8 Å². The summed E-state index contributed by atoms with van der Waals surface area (Å²) in [6, 6.07) is 5.66. The molecule has 23 heavy (non-hydrogen) atoms. The maximum atomic E-state index is 11.9. The molecule has 0 bridgehead atoms. The summed E-state index contributed by atoms with van der Waals surface area (Å²) >= 11 is 0. The number of carbonyl (C=O) groups is 1. The normalized spacial score (nSPS) is 22.7. The monoisotopic (exact) mass is 314 g/mol. The molecule has 2 aliphatic rings. The summed E-state index contributed by atoms with van der Waals surface area (Å²) in [5, 5.41) is 13.2. The molecule has 2 aliphatic carbocycles. The number of nitrogens with one attached hydrogen (secondary N) is 1. The van der Waals surface area contributed by atoms with Gasteiger partial charge in [0.2, 0.25) is 0 Å². The average Bonchev–Trinajstić information content (AvgIpc) is 2.55. The second-order valence-corrected chi connectivity index (χ2v) is 5.79. The lowest BCUT2D eigenvalue weighted by Gasteiger charge is -2.29. The van der Waals surface area contributed by atoms with Crippen LogP contribution in [0.1, 0.15) is 25.7 Å². The summed E-state index contributed by atoms with van der Waals surface area (Å²) in [5.41, 5.74) is 1.71. The van der Waals surface area contributed by atoms with E-state index < -0.39 is 11.0 Å². The molecule has 1 aromatic carbocycles. The van der Waals surface area contributed by atoms with Crippen LogP contribution < -0.4 is 5.32 Å². The zero-order valence-electron chi connectivity index (χ0n) is 12.6. The van der Waals surface area contributed by atoms with Gasteiger partial charge in [-0.3, -0.25) is 15.4 Å². The molecule has 0 saturated carbocycles. The van der Waals surface area contributed by atoms with Crippen LogP contribution in [0.2, 0.25) is 0 Å². The van der Waals surface area contributed by atoms with E-state index in [1.54, 1.807) is 0 Å². The Labute approximate surface area is 134 Å². The molecule has 0 aromatic heterocycles. The number of hydrogen-bond donors (Lipinski definition) is 1. The zero-order chi connectivity index (χ0) is 16.2. The SMILES string of the molecule is O=C(Nc1ccc([N+](=O)[O-])cc1)O[C@H]1C=C2C=CCC[C@H]2CC1. The highest BCUT2D eigenvalue weighted by Gasteiger charge is 2.25. The number of non-ortho nitro benzene ring substituents is 1. The van der Waals surface area contributed by atoms with Crippen molar-refractivity contribution >= 4 is 17.5 Å². The van der Waals surface area contributed by atoms with Gasteiger partial charge in [0.05, 0.1) is 4.92 Å². The average molecular weight is 314 g/mol. The summed E-state index contributed by atoms with van der Waals surface area (Å²) < 4.78 is 5.43. The fourth-order valence-electron chi connectivity index (χ4n) is 3.03. The molecule has 0 unspecified atom stereocenters. The number of benzene rings is 1. The number of fused-ring (bicyclic) bond motifs is 1.